The van der Waals surface area contributed by atoms with Gasteiger partial charge in [0.05, 0.1) is 23.0 Å². The summed E-state index contributed by atoms with van der Waals surface area (Å²) >= 11 is 0. The molecule has 0 spiro atoms. The smallest absolute Gasteiger partial charge is 0.306 e. The molecule has 4 rings (SSSR count). The third-order valence-corrected chi connectivity index (χ3v) is 7.63. The van der Waals surface area contributed by atoms with E-state index in [1.807, 2.05) is 56.3 Å². The van der Waals surface area contributed by atoms with Gasteiger partial charge < -0.3 is 9.84 Å². The maximum atomic E-state index is 13.7. The maximum Gasteiger partial charge on any atom is 0.306 e. The predicted octanol–water partition coefficient (Wildman–Crippen LogP) is 5.04. The first kappa shape index (κ1) is 22.9. The fourth-order valence-electron chi connectivity index (χ4n) is 4.06. The number of ether oxygens (including phenoxy) is 1. The Morgan fingerprint density at radius 2 is 1.70 bits per heavy atom. The Morgan fingerprint density at radius 3 is 2.36 bits per heavy atom. The number of carboxylic acids is 1. The molecule has 6 nitrogen and oxygen atoms in total. The van der Waals surface area contributed by atoms with Crippen LogP contribution in [0.4, 0.5) is 5.69 Å². The van der Waals surface area contributed by atoms with E-state index >= 15 is 0 Å². The summed E-state index contributed by atoms with van der Waals surface area (Å²) in [6.45, 7) is 5.49. The predicted molar refractivity (Wildman–Crippen MR) is 128 cm³/mol. The maximum absolute atomic E-state index is 13.7. The molecule has 33 heavy (non-hydrogen) atoms. The number of aryl methyl sites for hydroxylation is 2. The minimum atomic E-state index is -3.89. The second kappa shape index (κ2) is 8.90. The van der Waals surface area contributed by atoms with E-state index in [-0.39, 0.29) is 17.9 Å². The van der Waals surface area contributed by atoms with Gasteiger partial charge >= 0.3 is 5.97 Å². The second-order valence-electron chi connectivity index (χ2n) is 8.62. The lowest BCUT2D eigenvalue weighted by atomic mass is 10.0. The average molecular weight is 466 g/mol. The zero-order chi connectivity index (χ0) is 23.8. The molecule has 0 aliphatic carbocycles. The molecule has 1 N–H and O–H groups in total. The zero-order valence-corrected chi connectivity index (χ0v) is 19.7. The third kappa shape index (κ3) is 4.73. The van der Waals surface area contributed by atoms with Gasteiger partial charge in [-0.2, -0.15) is 0 Å². The molecule has 1 heterocycles. The summed E-state index contributed by atoms with van der Waals surface area (Å²) in [6, 6.07) is 20.3. The number of benzene rings is 3. The quantitative estimate of drug-likeness (QED) is 0.552. The number of sulfonamides is 1. The number of hydrogen-bond donors (Lipinski definition) is 1. The molecule has 0 saturated heterocycles. The highest BCUT2D eigenvalue weighted by molar-refractivity contribution is 7.92. The van der Waals surface area contributed by atoms with Crippen molar-refractivity contribution in [3.05, 3.63) is 77.9 Å². The SMILES string of the molecule is Cc1cccc(-c2ccc3c(c2)N(S(=O)(=O)c2cccc(C)c2)C[C@H](C[C@H](C)C(=O)O)O3)c1. The highest BCUT2D eigenvalue weighted by atomic mass is 32.2. The van der Waals surface area contributed by atoms with Gasteiger partial charge in [-0.25, -0.2) is 8.42 Å². The molecule has 0 aromatic heterocycles. The number of fused-ring (bicyclic) bond motifs is 1. The number of nitrogens with zero attached hydrogens (tertiary/aromatic N) is 1. The Bertz CT molecular complexity index is 1300. The molecule has 1 aliphatic rings. The van der Waals surface area contributed by atoms with Crippen molar-refractivity contribution >= 4 is 21.7 Å². The van der Waals surface area contributed by atoms with E-state index in [1.54, 1.807) is 31.2 Å². The van der Waals surface area contributed by atoms with Crippen LogP contribution in [0.25, 0.3) is 11.1 Å². The van der Waals surface area contributed by atoms with E-state index in [9.17, 15) is 18.3 Å². The van der Waals surface area contributed by atoms with E-state index in [2.05, 4.69) is 0 Å². The Kier molecular flexibility index (Phi) is 6.17. The first-order valence-corrected chi connectivity index (χ1v) is 12.3. The lowest BCUT2D eigenvalue weighted by Crippen LogP contribution is -2.44. The van der Waals surface area contributed by atoms with E-state index < -0.39 is 28.0 Å². The Labute approximate surface area is 194 Å². The van der Waals surface area contributed by atoms with Gasteiger partial charge in [-0.3, -0.25) is 9.10 Å². The molecule has 0 fully saturated rings. The molecule has 3 aromatic rings. The largest absolute Gasteiger partial charge is 0.486 e. The number of hydrogen-bond acceptors (Lipinski definition) is 4. The van der Waals surface area contributed by atoms with E-state index in [4.69, 9.17) is 4.74 Å². The van der Waals surface area contributed by atoms with Crippen molar-refractivity contribution in [3.8, 4) is 16.9 Å². The fourth-order valence-corrected chi connectivity index (χ4v) is 5.67. The van der Waals surface area contributed by atoms with Crippen LogP contribution in [0.3, 0.4) is 0 Å². The van der Waals surface area contributed by atoms with Crippen LogP contribution >= 0.6 is 0 Å². The van der Waals surface area contributed by atoms with Crippen LogP contribution in [0.2, 0.25) is 0 Å². The van der Waals surface area contributed by atoms with E-state index in [1.165, 1.54) is 4.31 Å². The second-order valence-corrected chi connectivity index (χ2v) is 10.5. The number of carboxylic acid groups (broad SMARTS) is 1. The van der Waals surface area contributed by atoms with Gasteiger partial charge in [0.2, 0.25) is 0 Å². The molecule has 1 aliphatic heterocycles. The standard InChI is InChI=1S/C26H27NO5S/c1-17-6-4-8-20(12-17)21-10-11-25-24(15-21)27(16-22(32-25)14-19(3)26(28)29)33(30,31)23-9-5-7-18(2)13-23/h4-13,15,19,22H,14,16H2,1-3H3,(H,28,29)/t19-,22-/m0/s1. The summed E-state index contributed by atoms with van der Waals surface area (Å²) in [7, 11) is -3.89. The summed E-state index contributed by atoms with van der Waals surface area (Å²) < 4.78 is 34.9. The van der Waals surface area contributed by atoms with Crippen LogP contribution in [0.5, 0.6) is 5.75 Å². The highest BCUT2D eigenvalue weighted by Crippen LogP contribution is 2.41. The average Bonchev–Trinajstić information content (AvgIpc) is 2.78. The molecule has 0 saturated carbocycles. The zero-order valence-electron chi connectivity index (χ0n) is 18.9. The van der Waals surface area contributed by atoms with Gasteiger partial charge in [0.25, 0.3) is 10.0 Å². The molecule has 7 heteroatoms. The normalized spacial score (nSPS) is 16.6. The van der Waals surface area contributed by atoms with E-state index in [0.717, 1.165) is 22.3 Å². The van der Waals surface area contributed by atoms with Gasteiger partial charge in [-0.15, -0.1) is 0 Å². The number of carbonyl (C=O) groups is 1. The van der Waals surface area contributed by atoms with Crippen LogP contribution < -0.4 is 9.04 Å². The molecule has 2 atom stereocenters. The van der Waals surface area contributed by atoms with Crippen LogP contribution in [0.15, 0.2) is 71.6 Å². The lowest BCUT2D eigenvalue weighted by Gasteiger charge is -2.36. The van der Waals surface area contributed by atoms with Gasteiger partial charge in [0.15, 0.2) is 0 Å². The molecule has 0 radical (unpaired) electrons. The van der Waals surface area contributed by atoms with Crippen molar-refractivity contribution in [1.29, 1.82) is 0 Å². The summed E-state index contributed by atoms with van der Waals surface area (Å²) in [4.78, 5) is 11.6. The van der Waals surface area contributed by atoms with Gasteiger partial charge in [-0.05, 0) is 61.2 Å². The van der Waals surface area contributed by atoms with Gasteiger partial charge in [-0.1, -0.05) is 55.0 Å². The molecule has 0 unspecified atom stereocenters. The van der Waals surface area contributed by atoms with Crippen molar-refractivity contribution in [2.24, 2.45) is 5.92 Å². The first-order chi connectivity index (χ1) is 15.6. The molecular formula is C26H27NO5S. The first-order valence-electron chi connectivity index (χ1n) is 10.8. The van der Waals surface area contributed by atoms with E-state index in [0.29, 0.717) is 11.4 Å². The topological polar surface area (TPSA) is 83.9 Å². The Hall–Kier alpha value is -3.32. The van der Waals surface area contributed by atoms with Crippen LogP contribution in [-0.2, 0) is 14.8 Å². The Balaban J connectivity index is 1.81. The molecule has 0 bridgehead atoms. The van der Waals surface area contributed by atoms with Crippen molar-refractivity contribution in [2.45, 2.75) is 38.2 Å². The fraction of sp³-hybridized carbons (Fsp3) is 0.269. The minimum absolute atomic E-state index is 0.0398. The van der Waals surface area contributed by atoms with Crippen LogP contribution in [-0.4, -0.2) is 32.1 Å². The van der Waals surface area contributed by atoms with Gasteiger partial charge in [0.1, 0.15) is 11.9 Å². The van der Waals surface area contributed by atoms with Crippen LogP contribution in [0, 0.1) is 19.8 Å². The molecule has 172 valence electrons. The van der Waals surface area contributed by atoms with Crippen molar-refractivity contribution in [2.75, 3.05) is 10.8 Å². The number of rotatable bonds is 6. The Morgan fingerprint density at radius 1 is 1.03 bits per heavy atom. The number of aliphatic carboxylic acids is 1. The number of anilines is 1. The summed E-state index contributed by atoms with van der Waals surface area (Å²) in [5, 5.41) is 9.34. The monoisotopic (exact) mass is 465 g/mol. The summed E-state index contributed by atoms with van der Waals surface area (Å²) in [5.41, 5.74) is 4.26. The highest BCUT2D eigenvalue weighted by Gasteiger charge is 2.36. The molecular weight excluding hydrogens is 438 g/mol. The molecule has 0 amide bonds. The molecule has 3 aromatic carbocycles. The van der Waals surface area contributed by atoms with Crippen molar-refractivity contribution in [1.82, 2.24) is 0 Å². The van der Waals surface area contributed by atoms with Crippen LogP contribution in [0.1, 0.15) is 24.5 Å². The van der Waals surface area contributed by atoms with Crippen molar-refractivity contribution in [3.63, 3.8) is 0 Å². The minimum Gasteiger partial charge on any atom is -0.486 e. The van der Waals surface area contributed by atoms with Gasteiger partial charge in [0, 0.05) is 0 Å². The van der Waals surface area contributed by atoms with Crippen molar-refractivity contribution < 1.29 is 23.1 Å². The third-order valence-electron chi connectivity index (χ3n) is 5.86. The summed E-state index contributed by atoms with van der Waals surface area (Å²) in [6.07, 6.45) is -0.373. The summed E-state index contributed by atoms with van der Waals surface area (Å²) in [5.74, 6) is -1.17. The lowest BCUT2D eigenvalue weighted by molar-refractivity contribution is -0.142.